The first-order valence-electron chi connectivity index (χ1n) is 6.15. The molecular weight excluding hydrogens is 230 g/mol. The molecular formula is C13H21N3O2. The predicted molar refractivity (Wildman–Crippen MR) is 70.9 cm³/mol. The zero-order chi connectivity index (χ0) is 13.8. The molecule has 1 N–H and O–H groups in total. The number of anilines is 1. The van der Waals surface area contributed by atoms with Gasteiger partial charge in [0.05, 0.1) is 5.69 Å². The Labute approximate surface area is 108 Å². The Morgan fingerprint density at radius 1 is 1.44 bits per heavy atom. The lowest BCUT2D eigenvalue weighted by atomic mass is 9.92. The van der Waals surface area contributed by atoms with Gasteiger partial charge < -0.3 is 10.0 Å². The van der Waals surface area contributed by atoms with E-state index in [-0.39, 0.29) is 12.0 Å². The van der Waals surface area contributed by atoms with Crippen LogP contribution in [0.25, 0.3) is 0 Å². The Morgan fingerprint density at radius 3 is 2.61 bits per heavy atom. The molecule has 0 bridgehead atoms. The van der Waals surface area contributed by atoms with Crippen LogP contribution in [0.15, 0.2) is 12.3 Å². The van der Waals surface area contributed by atoms with Crippen LogP contribution < -0.4 is 4.90 Å². The van der Waals surface area contributed by atoms with Crippen LogP contribution in [0.2, 0.25) is 0 Å². The van der Waals surface area contributed by atoms with Gasteiger partial charge in [-0.2, -0.15) is 0 Å². The number of nitrogens with zero attached hydrogens (tertiary/aromatic N) is 3. The van der Waals surface area contributed by atoms with Crippen molar-refractivity contribution in [3.05, 3.63) is 18.0 Å². The van der Waals surface area contributed by atoms with Crippen molar-refractivity contribution in [1.82, 2.24) is 9.97 Å². The number of rotatable bonds is 5. The quantitative estimate of drug-likeness (QED) is 0.867. The molecule has 18 heavy (non-hydrogen) atoms. The highest BCUT2D eigenvalue weighted by molar-refractivity contribution is 5.72. The highest BCUT2D eigenvalue weighted by Crippen LogP contribution is 2.21. The van der Waals surface area contributed by atoms with Crippen LogP contribution in [-0.2, 0) is 10.2 Å². The molecule has 5 nitrogen and oxygen atoms in total. The standard InChI is InChI=1S/C13H21N3O2/c1-5-8-16(9-11(17)18)12-14-7-6-10(15-12)13(2,3)4/h6-7H,5,8-9H2,1-4H3,(H,17,18). The number of hydrogen-bond acceptors (Lipinski definition) is 4. The van der Waals surface area contributed by atoms with Gasteiger partial charge in [-0.3, -0.25) is 4.79 Å². The largest absolute Gasteiger partial charge is 0.480 e. The molecule has 0 saturated carbocycles. The fraction of sp³-hybridized carbons (Fsp3) is 0.615. The lowest BCUT2D eigenvalue weighted by Gasteiger charge is -2.23. The lowest BCUT2D eigenvalue weighted by molar-refractivity contribution is -0.135. The van der Waals surface area contributed by atoms with Crippen molar-refractivity contribution >= 4 is 11.9 Å². The number of aliphatic carboxylic acids is 1. The maximum Gasteiger partial charge on any atom is 0.323 e. The third kappa shape index (κ3) is 3.98. The van der Waals surface area contributed by atoms with Crippen LogP contribution in [0.3, 0.4) is 0 Å². The van der Waals surface area contributed by atoms with Crippen molar-refractivity contribution in [3.63, 3.8) is 0 Å². The lowest BCUT2D eigenvalue weighted by Crippen LogP contribution is -2.32. The summed E-state index contributed by atoms with van der Waals surface area (Å²) >= 11 is 0. The van der Waals surface area contributed by atoms with E-state index < -0.39 is 5.97 Å². The summed E-state index contributed by atoms with van der Waals surface area (Å²) in [4.78, 5) is 21.2. The first kappa shape index (κ1) is 14.4. The highest BCUT2D eigenvalue weighted by Gasteiger charge is 2.18. The van der Waals surface area contributed by atoms with Crippen molar-refractivity contribution in [2.24, 2.45) is 0 Å². The SMILES string of the molecule is CCCN(CC(=O)O)c1nccc(C(C)(C)C)n1. The number of carboxylic acids is 1. The molecule has 0 aliphatic rings. The second-order valence-corrected chi connectivity index (χ2v) is 5.31. The molecule has 0 spiro atoms. The first-order chi connectivity index (χ1) is 8.34. The Hall–Kier alpha value is -1.65. The van der Waals surface area contributed by atoms with Gasteiger partial charge in [0.1, 0.15) is 6.54 Å². The van der Waals surface area contributed by atoms with E-state index in [1.54, 1.807) is 11.1 Å². The second-order valence-electron chi connectivity index (χ2n) is 5.31. The molecule has 0 saturated heterocycles. The normalized spacial score (nSPS) is 11.3. The molecule has 100 valence electrons. The van der Waals surface area contributed by atoms with Gasteiger partial charge in [-0.1, -0.05) is 27.7 Å². The van der Waals surface area contributed by atoms with E-state index in [0.29, 0.717) is 12.5 Å². The minimum Gasteiger partial charge on any atom is -0.480 e. The predicted octanol–water partition coefficient (Wildman–Crippen LogP) is 2.08. The smallest absolute Gasteiger partial charge is 0.323 e. The molecule has 0 atom stereocenters. The first-order valence-corrected chi connectivity index (χ1v) is 6.15. The van der Waals surface area contributed by atoms with E-state index in [9.17, 15) is 4.79 Å². The number of aromatic nitrogens is 2. The summed E-state index contributed by atoms with van der Waals surface area (Å²) in [6.45, 7) is 8.78. The summed E-state index contributed by atoms with van der Waals surface area (Å²) in [5.74, 6) is -0.375. The van der Waals surface area contributed by atoms with Crippen molar-refractivity contribution in [1.29, 1.82) is 0 Å². The fourth-order valence-electron chi connectivity index (χ4n) is 1.60. The second kappa shape index (κ2) is 5.80. The minimum absolute atomic E-state index is 0.0680. The van der Waals surface area contributed by atoms with Crippen LogP contribution >= 0.6 is 0 Å². The van der Waals surface area contributed by atoms with Gasteiger partial charge in [-0.15, -0.1) is 0 Å². The third-order valence-electron chi connectivity index (χ3n) is 2.51. The molecule has 0 aromatic carbocycles. The number of carbonyl (C=O) groups is 1. The van der Waals surface area contributed by atoms with E-state index in [1.807, 2.05) is 13.0 Å². The summed E-state index contributed by atoms with van der Waals surface area (Å²) in [7, 11) is 0. The van der Waals surface area contributed by atoms with Crippen LogP contribution in [0.1, 0.15) is 39.8 Å². The average Bonchev–Trinajstić information content (AvgIpc) is 2.27. The van der Waals surface area contributed by atoms with Crippen LogP contribution in [0.4, 0.5) is 5.95 Å². The van der Waals surface area contributed by atoms with E-state index in [1.165, 1.54) is 0 Å². The summed E-state index contributed by atoms with van der Waals surface area (Å²) in [5, 5.41) is 8.90. The maximum absolute atomic E-state index is 10.8. The minimum atomic E-state index is -0.867. The molecule has 1 heterocycles. The van der Waals surface area contributed by atoms with Crippen LogP contribution in [0, 0.1) is 0 Å². The number of hydrogen-bond donors (Lipinski definition) is 1. The van der Waals surface area contributed by atoms with E-state index in [0.717, 1.165) is 12.1 Å². The summed E-state index contributed by atoms with van der Waals surface area (Å²) in [5.41, 5.74) is 0.845. The summed E-state index contributed by atoms with van der Waals surface area (Å²) < 4.78 is 0. The zero-order valence-electron chi connectivity index (χ0n) is 11.5. The summed E-state index contributed by atoms with van der Waals surface area (Å²) in [6.07, 6.45) is 2.55. The molecule has 5 heteroatoms. The monoisotopic (exact) mass is 251 g/mol. The Balaban J connectivity index is 3.01. The fourth-order valence-corrected chi connectivity index (χ4v) is 1.60. The van der Waals surface area contributed by atoms with Crippen LogP contribution in [0.5, 0.6) is 0 Å². The van der Waals surface area contributed by atoms with Crippen molar-refractivity contribution in [2.75, 3.05) is 18.0 Å². The number of carboxylic acid groups (broad SMARTS) is 1. The molecule has 0 fully saturated rings. The summed E-state index contributed by atoms with van der Waals surface area (Å²) in [6, 6.07) is 1.87. The molecule has 1 aromatic heterocycles. The van der Waals surface area contributed by atoms with Crippen molar-refractivity contribution in [3.8, 4) is 0 Å². The van der Waals surface area contributed by atoms with Gasteiger partial charge in [0.25, 0.3) is 0 Å². The molecule has 0 radical (unpaired) electrons. The van der Waals surface area contributed by atoms with Crippen LogP contribution in [-0.4, -0.2) is 34.1 Å². The molecule has 0 aliphatic heterocycles. The van der Waals surface area contributed by atoms with Gasteiger partial charge in [0.15, 0.2) is 0 Å². The Kier molecular flexibility index (Phi) is 4.64. The van der Waals surface area contributed by atoms with Gasteiger partial charge in [-0.05, 0) is 12.5 Å². The molecule has 1 rings (SSSR count). The molecule has 0 aliphatic carbocycles. The van der Waals surface area contributed by atoms with Gasteiger partial charge in [-0.25, -0.2) is 9.97 Å². The van der Waals surface area contributed by atoms with Crippen molar-refractivity contribution in [2.45, 2.75) is 39.5 Å². The van der Waals surface area contributed by atoms with E-state index in [4.69, 9.17) is 5.11 Å². The average molecular weight is 251 g/mol. The van der Waals surface area contributed by atoms with Gasteiger partial charge in [0, 0.05) is 18.2 Å². The third-order valence-corrected chi connectivity index (χ3v) is 2.51. The Morgan fingerprint density at radius 2 is 2.11 bits per heavy atom. The van der Waals surface area contributed by atoms with Crippen molar-refractivity contribution < 1.29 is 9.90 Å². The zero-order valence-corrected chi connectivity index (χ0v) is 11.5. The molecule has 0 unspecified atom stereocenters. The maximum atomic E-state index is 10.8. The van der Waals surface area contributed by atoms with E-state index in [2.05, 4.69) is 30.7 Å². The van der Waals surface area contributed by atoms with Gasteiger partial charge in [0.2, 0.25) is 5.95 Å². The van der Waals surface area contributed by atoms with E-state index >= 15 is 0 Å². The Bertz CT molecular complexity index is 413. The van der Waals surface area contributed by atoms with Gasteiger partial charge >= 0.3 is 5.97 Å². The molecule has 1 aromatic rings. The highest BCUT2D eigenvalue weighted by atomic mass is 16.4. The molecule has 0 amide bonds. The topological polar surface area (TPSA) is 66.3 Å².